The molecule has 4 nitrogen and oxygen atoms in total. The predicted molar refractivity (Wildman–Crippen MR) is 50.5 cm³/mol. The Labute approximate surface area is 80.4 Å². The zero-order chi connectivity index (χ0) is 9.10. The topological polar surface area (TPSA) is 54.0 Å². The first kappa shape index (κ1) is 8.65. The van der Waals surface area contributed by atoms with Crippen molar-refractivity contribution >= 4 is 17.2 Å². The van der Waals surface area contributed by atoms with Gasteiger partial charge in [-0.05, 0) is 13.0 Å². The van der Waals surface area contributed by atoms with E-state index in [9.17, 15) is 4.79 Å². The zero-order valence-corrected chi connectivity index (χ0v) is 7.93. The molecule has 5 heteroatoms. The van der Waals surface area contributed by atoms with E-state index >= 15 is 0 Å². The SMILES string of the molecule is O=C1NCCCNC1c1nccs1. The van der Waals surface area contributed by atoms with Crippen molar-refractivity contribution in [1.82, 2.24) is 15.6 Å². The van der Waals surface area contributed by atoms with Crippen molar-refractivity contribution in [2.75, 3.05) is 13.1 Å². The van der Waals surface area contributed by atoms with Crippen LogP contribution in [-0.2, 0) is 4.79 Å². The summed E-state index contributed by atoms with van der Waals surface area (Å²) in [4.78, 5) is 15.6. The Morgan fingerprint density at radius 1 is 1.54 bits per heavy atom. The molecule has 1 aliphatic rings. The monoisotopic (exact) mass is 197 g/mol. The van der Waals surface area contributed by atoms with E-state index in [4.69, 9.17) is 0 Å². The minimum atomic E-state index is -0.248. The molecule has 0 bridgehead atoms. The van der Waals surface area contributed by atoms with Crippen LogP contribution in [0.25, 0.3) is 0 Å². The van der Waals surface area contributed by atoms with Gasteiger partial charge in [0.25, 0.3) is 0 Å². The maximum atomic E-state index is 11.5. The first-order chi connectivity index (χ1) is 6.38. The molecule has 1 aromatic rings. The highest BCUT2D eigenvalue weighted by molar-refractivity contribution is 7.09. The van der Waals surface area contributed by atoms with Gasteiger partial charge in [-0.2, -0.15) is 0 Å². The van der Waals surface area contributed by atoms with E-state index in [-0.39, 0.29) is 11.9 Å². The number of amides is 1. The molecule has 0 aliphatic carbocycles. The van der Waals surface area contributed by atoms with Gasteiger partial charge in [0.1, 0.15) is 11.0 Å². The van der Waals surface area contributed by atoms with Crippen LogP contribution in [0, 0.1) is 0 Å². The summed E-state index contributed by atoms with van der Waals surface area (Å²) >= 11 is 1.51. The van der Waals surface area contributed by atoms with Crippen LogP contribution in [0.1, 0.15) is 17.5 Å². The maximum absolute atomic E-state index is 11.5. The summed E-state index contributed by atoms with van der Waals surface area (Å²) in [6.07, 6.45) is 2.70. The fraction of sp³-hybridized carbons (Fsp3) is 0.500. The van der Waals surface area contributed by atoms with Crippen LogP contribution in [0.15, 0.2) is 11.6 Å². The molecule has 2 rings (SSSR count). The number of hydrogen-bond acceptors (Lipinski definition) is 4. The molecule has 70 valence electrons. The number of rotatable bonds is 1. The predicted octanol–water partition coefficient (Wildman–Crippen LogP) is 0.294. The Morgan fingerprint density at radius 3 is 3.23 bits per heavy atom. The van der Waals surface area contributed by atoms with Crippen LogP contribution >= 0.6 is 11.3 Å². The molecule has 2 heterocycles. The minimum Gasteiger partial charge on any atom is -0.354 e. The molecule has 13 heavy (non-hydrogen) atoms. The summed E-state index contributed by atoms with van der Waals surface area (Å²) in [7, 11) is 0. The van der Waals surface area contributed by atoms with E-state index in [1.54, 1.807) is 6.20 Å². The lowest BCUT2D eigenvalue weighted by molar-refractivity contribution is -0.122. The van der Waals surface area contributed by atoms with Crippen molar-refractivity contribution in [2.45, 2.75) is 12.5 Å². The van der Waals surface area contributed by atoms with Gasteiger partial charge in [0.05, 0.1) is 0 Å². The third-order valence-electron chi connectivity index (χ3n) is 1.96. The number of carbonyl (C=O) groups is 1. The van der Waals surface area contributed by atoms with Crippen LogP contribution in [0.3, 0.4) is 0 Å². The highest BCUT2D eigenvalue weighted by Gasteiger charge is 2.23. The molecule has 1 fully saturated rings. The van der Waals surface area contributed by atoms with Gasteiger partial charge >= 0.3 is 0 Å². The third-order valence-corrected chi connectivity index (χ3v) is 2.80. The van der Waals surface area contributed by atoms with Gasteiger partial charge in [-0.3, -0.25) is 4.79 Å². The van der Waals surface area contributed by atoms with E-state index in [2.05, 4.69) is 15.6 Å². The molecule has 0 saturated carbocycles. The first-order valence-corrected chi connectivity index (χ1v) is 5.16. The van der Waals surface area contributed by atoms with Crippen LogP contribution in [0.4, 0.5) is 0 Å². The van der Waals surface area contributed by atoms with Gasteiger partial charge in [0.2, 0.25) is 5.91 Å². The fourth-order valence-electron chi connectivity index (χ4n) is 1.32. The van der Waals surface area contributed by atoms with E-state index < -0.39 is 0 Å². The van der Waals surface area contributed by atoms with Gasteiger partial charge in [0.15, 0.2) is 0 Å². The van der Waals surface area contributed by atoms with Crippen molar-refractivity contribution in [3.05, 3.63) is 16.6 Å². The molecule has 1 saturated heterocycles. The van der Waals surface area contributed by atoms with Crippen molar-refractivity contribution in [3.63, 3.8) is 0 Å². The second-order valence-electron chi connectivity index (χ2n) is 2.90. The number of nitrogens with one attached hydrogen (secondary N) is 2. The minimum absolute atomic E-state index is 0.0347. The molecule has 0 aromatic carbocycles. The highest BCUT2D eigenvalue weighted by atomic mass is 32.1. The van der Waals surface area contributed by atoms with Crippen molar-refractivity contribution < 1.29 is 4.79 Å². The standard InChI is InChI=1S/C8H11N3OS/c12-7-6(8-11-4-5-13-8)9-2-1-3-10-7/h4-6,9H,1-3H2,(H,10,12). The number of hydrogen-bond donors (Lipinski definition) is 2. The summed E-state index contributed by atoms with van der Waals surface area (Å²) in [6.45, 7) is 1.62. The van der Waals surface area contributed by atoms with E-state index in [0.29, 0.717) is 0 Å². The quantitative estimate of drug-likeness (QED) is 0.680. The first-order valence-electron chi connectivity index (χ1n) is 4.28. The smallest absolute Gasteiger partial charge is 0.244 e. The number of nitrogens with zero attached hydrogens (tertiary/aromatic N) is 1. The van der Waals surface area contributed by atoms with E-state index in [1.165, 1.54) is 11.3 Å². The summed E-state index contributed by atoms with van der Waals surface area (Å²) < 4.78 is 0. The Bertz CT molecular complexity index is 286. The maximum Gasteiger partial charge on any atom is 0.244 e. The lowest BCUT2D eigenvalue weighted by Gasteiger charge is -2.10. The summed E-state index contributed by atoms with van der Waals surface area (Å²) in [5.41, 5.74) is 0. The average Bonchev–Trinajstić information content (AvgIpc) is 2.56. The zero-order valence-electron chi connectivity index (χ0n) is 7.12. The van der Waals surface area contributed by atoms with Crippen LogP contribution < -0.4 is 10.6 Å². The van der Waals surface area contributed by atoms with Gasteiger partial charge in [-0.15, -0.1) is 11.3 Å². The van der Waals surface area contributed by atoms with E-state index in [1.807, 2.05) is 5.38 Å². The summed E-state index contributed by atoms with van der Waals surface area (Å²) in [5.74, 6) is 0.0347. The van der Waals surface area contributed by atoms with Gasteiger partial charge in [-0.25, -0.2) is 4.98 Å². The molecule has 1 amide bonds. The Hall–Kier alpha value is -0.940. The second kappa shape index (κ2) is 3.85. The Balaban J connectivity index is 2.16. The van der Waals surface area contributed by atoms with Crippen LogP contribution in [0.2, 0.25) is 0 Å². The molecule has 0 radical (unpaired) electrons. The van der Waals surface area contributed by atoms with Crippen LogP contribution in [-0.4, -0.2) is 24.0 Å². The molecule has 1 unspecified atom stereocenters. The number of thiazole rings is 1. The van der Waals surface area contributed by atoms with Gasteiger partial charge in [-0.1, -0.05) is 0 Å². The lowest BCUT2D eigenvalue weighted by Crippen LogP contribution is -2.33. The van der Waals surface area contributed by atoms with E-state index in [0.717, 1.165) is 24.5 Å². The largest absolute Gasteiger partial charge is 0.354 e. The highest BCUT2D eigenvalue weighted by Crippen LogP contribution is 2.16. The Morgan fingerprint density at radius 2 is 2.46 bits per heavy atom. The summed E-state index contributed by atoms with van der Waals surface area (Å²) in [5, 5.41) is 8.75. The number of aromatic nitrogens is 1. The lowest BCUT2D eigenvalue weighted by atomic mass is 10.3. The van der Waals surface area contributed by atoms with Gasteiger partial charge < -0.3 is 10.6 Å². The van der Waals surface area contributed by atoms with Gasteiger partial charge in [0, 0.05) is 18.1 Å². The number of carbonyl (C=O) groups excluding carboxylic acids is 1. The molecular formula is C8H11N3OS. The van der Waals surface area contributed by atoms with Crippen molar-refractivity contribution in [1.29, 1.82) is 0 Å². The normalized spacial score (nSPS) is 23.7. The molecule has 1 aromatic heterocycles. The molecular weight excluding hydrogens is 186 g/mol. The fourth-order valence-corrected chi connectivity index (χ4v) is 2.03. The summed E-state index contributed by atoms with van der Waals surface area (Å²) in [6, 6.07) is -0.248. The van der Waals surface area contributed by atoms with Crippen molar-refractivity contribution in [3.8, 4) is 0 Å². The van der Waals surface area contributed by atoms with Crippen molar-refractivity contribution in [2.24, 2.45) is 0 Å². The third kappa shape index (κ3) is 1.87. The molecule has 2 N–H and O–H groups in total. The molecule has 0 spiro atoms. The second-order valence-corrected chi connectivity index (χ2v) is 3.83. The molecule has 1 aliphatic heterocycles. The Kier molecular flexibility index (Phi) is 2.56. The van der Waals surface area contributed by atoms with Crippen LogP contribution in [0.5, 0.6) is 0 Å². The average molecular weight is 197 g/mol. The molecule has 1 atom stereocenters.